The molecule has 6 fully saturated rings. The van der Waals surface area contributed by atoms with Crippen molar-refractivity contribution in [3.05, 3.63) is 0 Å². The van der Waals surface area contributed by atoms with Crippen LogP contribution in [0, 0.1) is 65.1 Å². The van der Waals surface area contributed by atoms with Gasteiger partial charge in [0.05, 0.1) is 12.2 Å². The third kappa shape index (κ3) is 8.13. The van der Waals surface area contributed by atoms with Gasteiger partial charge in [0.25, 0.3) is 0 Å². The lowest BCUT2D eigenvalue weighted by atomic mass is 9.54. The summed E-state index contributed by atoms with van der Waals surface area (Å²) >= 11 is 0. The van der Waals surface area contributed by atoms with Crippen molar-refractivity contribution in [3.8, 4) is 0 Å². The Balaban J connectivity index is 1.28. The predicted octanol–water partition coefficient (Wildman–Crippen LogP) is 11.5. The molecule has 0 aliphatic heterocycles. The Bertz CT molecular complexity index is 683. The van der Waals surface area contributed by atoms with Crippen molar-refractivity contribution in [1.82, 2.24) is 0 Å². The van der Waals surface area contributed by atoms with Crippen molar-refractivity contribution in [1.29, 1.82) is 0 Å². The first-order valence-electron chi connectivity index (χ1n) is 21.0. The normalized spacial score (nSPS) is 40.2. The molecule has 0 radical (unpaired) electrons. The summed E-state index contributed by atoms with van der Waals surface area (Å²) in [6.45, 7) is 2.39. The lowest BCUT2D eigenvalue weighted by Gasteiger charge is -2.53. The average Bonchev–Trinajstić information content (AvgIpc) is 3.09. The van der Waals surface area contributed by atoms with Crippen molar-refractivity contribution in [3.63, 3.8) is 0 Å². The summed E-state index contributed by atoms with van der Waals surface area (Å²) in [4.78, 5) is 0. The molecule has 4 unspecified atom stereocenters. The lowest BCUT2D eigenvalue weighted by Crippen LogP contribution is -2.49. The van der Waals surface area contributed by atoms with Gasteiger partial charge in [0.15, 0.2) is 0 Å². The molecular weight excluding hydrogens is 536 g/mol. The van der Waals surface area contributed by atoms with E-state index in [1.165, 1.54) is 180 Å². The third-order valence-electron chi connectivity index (χ3n) is 15.4. The molecule has 0 heterocycles. The fourth-order valence-electron chi connectivity index (χ4n) is 13.1. The summed E-state index contributed by atoms with van der Waals surface area (Å²) in [6.07, 6.45) is 38.8. The van der Waals surface area contributed by atoms with E-state index >= 15 is 0 Å². The molecule has 0 bridgehead atoms. The molecule has 0 aromatic rings. The van der Waals surface area contributed by atoms with Crippen molar-refractivity contribution >= 4 is 0 Å². The topological polar surface area (TPSA) is 40.5 Å². The first-order chi connectivity index (χ1) is 21.6. The van der Waals surface area contributed by atoms with Crippen LogP contribution < -0.4 is 0 Å². The zero-order chi connectivity index (χ0) is 30.3. The van der Waals surface area contributed by atoms with Crippen LogP contribution in [0.5, 0.6) is 0 Å². The van der Waals surface area contributed by atoms with Gasteiger partial charge in [-0.15, -0.1) is 0 Å². The Hall–Kier alpha value is -0.0800. The van der Waals surface area contributed by atoms with Crippen molar-refractivity contribution in [2.24, 2.45) is 65.1 Å². The maximum Gasteiger partial charge on any atom is 0.0602 e. The second-order valence-electron chi connectivity index (χ2n) is 17.9. The Morgan fingerprint density at radius 2 is 0.727 bits per heavy atom. The Labute approximate surface area is 273 Å². The summed E-state index contributed by atoms with van der Waals surface area (Å²) in [5, 5.41) is 24.4. The highest BCUT2D eigenvalue weighted by Gasteiger charge is 2.50. The van der Waals surface area contributed by atoms with E-state index in [0.717, 1.165) is 41.4 Å². The van der Waals surface area contributed by atoms with E-state index < -0.39 is 0 Å². The standard InChI is InChI=1S/C42H74O2/c1-2-3-8-25-36(34-26-37(30-17-9-4-10-18-30)41(43)38(27-34)31-19-11-5-12-20-31)35-28-39(32-21-13-6-14-22-32)42(44)40(29-35)33-23-15-7-16-24-33/h30-44H,2-29H2,1H3. The van der Waals surface area contributed by atoms with Crippen LogP contribution in [0.4, 0.5) is 0 Å². The molecule has 44 heavy (non-hydrogen) atoms. The highest BCUT2D eigenvalue weighted by Crippen LogP contribution is 2.55. The summed E-state index contributed by atoms with van der Waals surface area (Å²) in [5.41, 5.74) is 0. The minimum atomic E-state index is -0.0353. The monoisotopic (exact) mass is 611 g/mol. The highest BCUT2D eigenvalue weighted by atomic mass is 16.3. The van der Waals surface area contributed by atoms with Gasteiger partial charge >= 0.3 is 0 Å². The first-order valence-corrected chi connectivity index (χ1v) is 21.0. The van der Waals surface area contributed by atoms with E-state index in [1.807, 2.05) is 0 Å². The molecule has 0 aromatic heterocycles. The second kappa shape index (κ2) is 16.8. The molecule has 254 valence electrons. The Kier molecular flexibility index (Phi) is 12.9. The van der Waals surface area contributed by atoms with E-state index in [2.05, 4.69) is 6.92 Å². The van der Waals surface area contributed by atoms with Crippen molar-refractivity contribution in [2.45, 2.75) is 199 Å². The van der Waals surface area contributed by atoms with E-state index in [4.69, 9.17) is 0 Å². The van der Waals surface area contributed by atoms with Gasteiger partial charge in [0.1, 0.15) is 0 Å². The van der Waals surface area contributed by atoms with Gasteiger partial charge in [-0.3, -0.25) is 0 Å². The van der Waals surface area contributed by atoms with Crippen molar-refractivity contribution in [2.75, 3.05) is 0 Å². The lowest BCUT2D eigenvalue weighted by molar-refractivity contribution is -0.1000. The number of hydrogen-bond donors (Lipinski definition) is 2. The Morgan fingerprint density at radius 1 is 0.432 bits per heavy atom. The molecule has 6 saturated carbocycles. The maximum absolute atomic E-state index is 12.2. The molecule has 0 aromatic carbocycles. The zero-order valence-electron chi connectivity index (χ0n) is 29.2. The average molecular weight is 611 g/mol. The molecule has 0 spiro atoms. The molecular formula is C42H74O2. The number of unbranched alkanes of at least 4 members (excludes halogenated alkanes) is 2. The highest BCUT2D eigenvalue weighted by molar-refractivity contribution is 5.00. The van der Waals surface area contributed by atoms with Crippen molar-refractivity contribution < 1.29 is 10.2 Å². The smallest absolute Gasteiger partial charge is 0.0602 e. The van der Waals surface area contributed by atoms with Crippen LogP contribution in [-0.4, -0.2) is 22.4 Å². The van der Waals surface area contributed by atoms with Crippen LogP contribution >= 0.6 is 0 Å². The zero-order valence-corrected chi connectivity index (χ0v) is 29.2. The molecule has 2 heteroatoms. The number of aliphatic hydroxyl groups is 2. The predicted molar refractivity (Wildman–Crippen MR) is 185 cm³/mol. The second-order valence-corrected chi connectivity index (χ2v) is 17.9. The number of hydrogen-bond acceptors (Lipinski definition) is 2. The van der Waals surface area contributed by atoms with E-state index in [-0.39, 0.29) is 12.2 Å². The number of aliphatic hydroxyl groups excluding tert-OH is 2. The van der Waals surface area contributed by atoms with Gasteiger partial charge < -0.3 is 10.2 Å². The molecule has 0 amide bonds. The summed E-state index contributed by atoms with van der Waals surface area (Å²) in [5.74, 6) is 7.82. The minimum absolute atomic E-state index is 0.0353. The van der Waals surface area contributed by atoms with Gasteiger partial charge in [-0.2, -0.15) is 0 Å². The molecule has 2 N–H and O–H groups in total. The van der Waals surface area contributed by atoms with Gasteiger partial charge in [-0.1, -0.05) is 155 Å². The van der Waals surface area contributed by atoms with Crippen LogP contribution in [0.1, 0.15) is 187 Å². The van der Waals surface area contributed by atoms with Gasteiger partial charge in [-0.05, 0) is 97.2 Å². The van der Waals surface area contributed by atoms with Crippen LogP contribution in [0.25, 0.3) is 0 Å². The summed E-state index contributed by atoms with van der Waals surface area (Å²) in [6, 6.07) is 0. The van der Waals surface area contributed by atoms with Crippen LogP contribution in [-0.2, 0) is 0 Å². The molecule has 6 rings (SSSR count). The maximum atomic E-state index is 12.2. The molecule has 6 aliphatic rings. The van der Waals surface area contributed by atoms with Gasteiger partial charge in [-0.25, -0.2) is 0 Å². The van der Waals surface area contributed by atoms with Gasteiger partial charge in [0.2, 0.25) is 0 Å². The molecule has 4 atom stereocenters. The summed E-state index contributed by atoms with van der Waals surface area (Å²) in [7, 11) is 0. The molecule has 0 saturated heterocycles. The Morgan fingerprint density at radius 3 is 1.00 bits per heavy atom. The van der Waals surface area contributed by atoms with Gasteiger partial charge in [0, 0.05) is 0 Å². The molecule has 6 aliphatic carbocycles. The first kappa shape index (κ1) is 33.8. The minimum Gasteiger partial charge on any atom is -0.393 e. The van der Waals surface area contributed by atoms with E-state index in [9.17, 15) is 10.2 Å². The fourth-order valence-corrected chi connectivity index (χ4v) is 13.1. The fraction of sp³-hybridized carbons (Fsp3) is 1.00. The SMILES string of the molecule is CCCCCC(C1CC(C2CCCCC2)C(O)C(C2CCCCC2)C1)C1CC(C2CCCCC2)C(O)C(C2CCCCC2)C1. The third-order valence-corrected chi connectivity index (χ3v) is 15.4. The quantitative estimate of drug-likeness (QED) is 0.242. The number of rotatable bonds is 10. The summed E-state index contributed by atoms with van der Waals surface area (Å²) < 4.78 is 0. The van der Waals surface area contributed by atoms with Crippen LogP contribution in [0.2, 0.25) is 0 Å². The van der Waals surface area contributed by atoms with Crippen LogP contribution in [0.3, 0.4) is 0 Å². The van der Waals surface area contributed by atoms with E-state index in [1.54, 1.807) is 0 Å². The van der Waals surface area contributed by atoms with Crippen LogP contribution in [0.15, 0.2) is 0 Å². The largest absolute Gasteiger partial charge is 0.393 e. The molecule has 2 nitrogen and oxygen atoms in total. The van der Waals surface area contributed by atoms with E-state index in [0.29, 0.717) is 23.7 Å².